The van der Waals surface area contributed by atoms with Crippen molar-refractivity contribution < 1.29 is 31.8 Å². The highest BCUT2D eigenvalue weighted by Crippen LogP contribution is 2.28. The van der Waals surface area contributed by atoms with Crippen molar-refractivity contribution in [1.29, 1.82) is 0 Å². The van der Waals surface area contributed by atoms with Crippen molar-refractivity contribution in [3.05, 3.63) is 52.1 Å². The van der Waals surface area contributed by atoms with Gasteiger partial charge in [-0.15, -0.1) is 5.10 Å². The summed E-state index contributed by atoms with van der Waals surface area (Å²) in [5.74, 6) is 0.115. The van der Waals surface area contributed by atoms with E-state index in [-0.39, 0.29) is 16.6 Å². The molecule has 0 bridgehead atoms. The maximum atomic E-state index is 14.8. The maximum Gasteiger partial charge on any atom is 0.417 e. The molecule has 1 aliphatic heterocycles. The monoisotopic (exact) mass is 608 g/mol. The van der Waals surface area contributed by atoms with Crippen LogP contribution in [0.5, 0.6) is 5.75 Å². The van der Waals surface area contributed by atoms with Gasteiger partial charge < -0.3 is 24.9 Å². The Morgan fingerprint density at radius 2 is 1.90 bits per heavy atom. The Bertz CT molecular complexity index is 1780. The minimum atomic E-state index is -4.82. The third-order valence-corrected chi connectivity index (χ3v) is 7.88. The average Bonchev–Trinajstić information content (AvgIpc) is 3.70. The van der Waals surface area contributed by atoms with Crippen LogP contribution >= 0.6 is 11.3 Å². The summed E-state index contributed by atoms with van der Waals surface area (Å²) < 4.78 is 65.9. The third kappa shape index (κ3) is 5.37. The van der Waals surface area contributed by atoms with Crippen molar-refractivity contribution >= 4 is 39.0 Å². The van der Waals surface area contributed by atoms with Crippen LogP contribution in [0, 0.1) is 5.82 Å². The van der Waals surface area contributed by atoms with Crippen molar-refractivity contribution in [3.63, 3.8) is 0 Å². The summed E-state index contributed by atoms with van der Waals surface area (Å²) in [6.07, 6.45) is -5.97. The van der Waals surface area contributed by atoms with Crippen LogP contribution < -0.4 is 20.2 Å². The Morgan fingerprint density at radius 3 is 2.60 bits per heavy atom. The fourth-order valence-electron chi connectivity index (χ4n) is 4.69. The molecule has 0 amide bonds. The highest BCUT2D eigenvalue weighted by molar-refractivity contribution is 7.17. The van der Waals surface area contributed by atoms with Gasteiger partial charge in [0.2, 0.25) is 11.8 Å². The summed E-state index contributed by atoms with van der Waals surface area (Å²) in [6, 6.07) is 7.24. The molecular formula is C25H24F4N8O4S. The molecule has 1 unspecified atom stereocenters. The van der Waals surface area contributed by atoms with Gasteiger partial charge in [-0.2, -0.15) is 22.7 Å². The van der Waals surface area contributed by atoms with E-state index in [4.69, 9.17) is 20.0 Å². The fourth-order valence-corrected chi connectivity index (χ4v) is 5.63. The second-order valence-corrected chi connectivity index (χ2v) is 10.6. The standard InChI is InChI=1S/C25H24F4N8O4S/c26-15-12-14(41-13-18(38)25(27,28)29)3-4-16(15)35-8-5-34(6-9-35)7-10-36-21-19(42-24(36)39)22-31-20(17-2-1-11-40-17)33-37(22)23(30)32-21/h1-4,11-12,18,38H,5-10,13H2,(H2,30,32). The molecule has 0 radical (unpaired) electrons. The van der Waals surface area contributed by atoms with E-state index in [0.717, 1.165) is 17.4 Å². The van der Waals surface area contributed by atoms with Crippen molar-refractivity contribution in [2.24, 2.45) is 0 Å². The van der Waals surface area contributed by atoms with Crippen LogP contribution in [0.3, 0.4) is 0 Å². The molecule has 1 saturated heterocycles. The number of piperazine rings is 1. The lowest BCUT2D eigenvalue weighted by atomic mass is 10.2. The van der Waals surface area contributed by atoms with E-state index in [1.54, 1.807) is 16.7 Å². The molecule has 1 aromatic carbocycles. The highest BCUT2D eigenvalue weighted by atomic mass is 32.1. The number of anilines is 2. The highest BCUT2D eigenvalue weighted by Gasteiger charge is 2.38. The molecule has 5 heterocycles. The van der Waals surface area contributed by atoms with E-state index in [0.29, 0.717) is 72.5 Å². The summed E-state index contributed by atoms with van der Waals surface area (Å²) in [5, 5.41) is 13.4. The number of hydrogen-bond donors (Lipinski definition) is 2. The molecule has 0 spiro atoms. The molecule has 17 heteroatoms. The van der Waals surface area contributed by atoms with E-state index >= 15 is 0 Å². The van der Waals surface area contributed by atoms with Crippen LogP contribution in [0.4, 0.5) is 29.2 Å². The quantitative estimate of drug-likeness (QED) is 0.253. The summed E-state index contributed by atoms with van der Waals surface area (Å²) >= 11 is 1.01. The number of hydrogen-bond acceptors (Lipinski definition) is 11. The van der Waals surface area contributed by atoms with Crippen molar-refractivity contribution in [2.75, 3.05) is 50.0 Å². The predicted octanol–water partition coefficient (Wildman–Crippen LogP) is 2.61. The molecule has 1 fully saturated rings. The largest absolute Gasteiger partial charge is 0.490 e. The summed E-state index contributed by atoms with van der Waals surface area (Å²) in [4.78, 5) is 25.6. The number of aliphatic hydroxyl groups excluding tert-OH is 1. The molecule has 1 atom stereocenters. The lowest BCUT2D eigenvalue weighted by Crippen LogP contribution is -2.47. The van der Waals surface area contributed by atoms with Gasteiger partial charge in [0.1, 0.15) is 22.9 Å². The summed E-state index contributed by atoms with van der Waals surface area (Å²) in [6.45, 7) is 2.01. The zero-order valence-corrected chi connectivity index (χ0v) is 22.6. The smallest absolute Gasteiger partial charge is 0.417 e. The number of fused-ring (bicyclic) bond motifs is 3. The Labute approximate surface area is 238 Å². The number of thiazole rings is 1. The molecule has 0 saturated carbocycles. The molecule has 3 N–H and O–H groups in total. The Kier molecular flexibility index (Phi) is 7.24. The number of ether oxygens (including phenoxy) is 1. The van der Waals surface area contributed by atoms with E-state index in [9.17, 15) is 22.4 Å². The Balaban J connectivity index is 1.09. The summed E-state index contributed by atoms with van der Waals surface area (Å²) in [5.41, 5.74) is 7.26. The van der Waals surface area contributed by atoms with Crippen LogP contribution in [-0.4, -0.2) is 85.8 Å². The molecule has 42 heavy (non-hydrogen) atoms. The molecular weight excluding hydrogens is 584 g/mol. The number of aromatic nitrogens is 5. The van der Waals surface area contributed by atoms with Crippen molar-refractivity contribution in [1.82, 2.24) is 29.0 Å². The van der Waals surface area contributed by atoms with Crippen LogP contribution in [0.25, 0.3) is 27.6 Å². The molecule has 1 aliphatic rings. The van der Waals surface area contributed by atoms with Crippen molar-refractivity contribution in [3.8, 4) is 17.3 Å². The molecule has 4 aromatic heterocycles. The van der Waals surface area contributed by atoms with Gasteiger partial charge in [0.15, 0.2) is 23.2 Å². The number of nitrogens with two attached hydrogens (primary N) is 1. The van der Waals surface area contributed by atoms with Crippen LogP contribution in [0.2, 0.25) is 0 Å². The minimum Gasteiger partial charge on any atom is -0.490 e. The van der Waals surface area contributed by atoms with Gasteiger partial charge >= 0.3 is 11.0 Å². The molecule has 222 valence electrons. The molecule has 0 aliphatic carbocycles. The molecule has 5 aromatic rings. The van der Waals surface area contributed by atoms with Gasteiger partial charge in [-0.1, -0.05) is 11.3 Å². The number of nitrogen functional groups attached to an aromatic ring is 1. The first-order valence-corrected chi connectivity index (χ1v) is 13.6. The second-order valence-electron chi connectivity index (χ2n) is 9.60. The number of nitrogens with zero attached hydrogens (tertiary/aromatic N) is 7. The van der Waals surface area contributed by atoms with E-state index in [1.807, 2.05) is 4.90 Å². The number of furan rings is 1. The van der Waals surface area contributed by atoms with Gasteiger partial charge in [-0.05, 0) is 24.3 Å². The normalized spacial score (nSPS) is 15.6. The Hall–Kier alpha value is -4.22. The number of rotatable bonds is 8. The lowest BCUT2D eigenvalue weighted by molar-refractivity contribution is -0.210. The first-order chi connectivity index (χ1) is 20.1. The zero-order chi connectivity index (χ0) is 29.6. The molecule has 6 rings (SSSR count). The van der Waals surface area contributed by atoms with Gasteiger partial charge in [0, 0.05) is 45.3 Å². The number of alkyl halides is 3. The van der Waals surface area contributed by atoms with Gasteiger partial charge in [0.25, 0.3) is 0 Å². The van der Waals surface area contributed by atoms with E-state index in [1.165, 1.54) is 22.9 Å². The van der Waals surface area contributed by atoms with E-state index < -0.39 is 24.7 Å². The Morgan fingerprint density at radius 1 is 1.12 bits per heavy atom. The van der Waals surface area contributed by atoms with Gasteiger partial charge in [0.05, 0.1) is 12.0 Å². The average molecular weight is 609 g/mol. The maximum absolute atomic E-state index is 14.8. The van der Waals surface area contributed by atoms with Crippen LogP contribution in [0.15, 0.2) is 45.8 Å². The topological polar surface area (TPSA) is 140 Å². The number of halogens is 4. The first kappa shape index (κ1) is 27.9. The van der Waals surface area contributed by atoms with Crippen LogP contribution in [0.1, 0.15) is 0 Å². The fraction of sp³-hybridized carbons (Fsp3) is 0.360. The van der Waals surface area contributed by atoms with Gasteiger partial charge in [-0.3, -0.25) is 14.3 Å². The van der Waals surface area contributed by atoms with Crippen molar-refractivity contribution in [2.45, 2.75) is 18.8 Å². The number of aliphatic hydroxyl groups is 1. The van der Waals surface area contributed by atoms with Gasteiger partial charge in [-0.25, -0.2) is 9.37 Å². The SMILES string of the molecule is Nc1nc2c(sc(=O)n2CCN2CCN(c3ccc(OCC(O)C(F)(F)F)cc3F)CC2)c2nc(-c3ccco3)nn12. The zero-order valence-electron chi connectivity index (χ0n) is 21.8. The van der Waals surface area contributed by atoms with Crippen LogP contribution in [-0.2, 0) is 6.54 Å². The third-order valence-electron chi connectivity index (χ3n) is 6.92. The number of benzene rings is 1. The predicted molar refractivity (Wildman–Crippen MR) is 145 cm³/mol. The lowest BCUT2D eigenvalue weighted by Gasteiger charge is -2.36. The van der Waals surface area contributed by atoms with E-state index in [2.05, 4.69) is 20.0 Å². The molecule has 12 nitrogen and oxygen atoms in total. The summed E-state index contributed by atoms with van der Waals surface area (Å²) in [7, 11) is 0. The first-order valence-electron chi connectivity index (χ1n) is 12.8. The second kappa shape index (κ2) is 10.9. The minimum absolute atomic E-state index is 0.0814.